The van der Waals surface area contributed by atoms with Crippen LogP contribution in [0.25, 0.3) is 0 Å². The van der Waals surface area contributed by atoms with Gasteiger partial charge in [-0.3, -0.25) is 14.4 Å². The van der Waals surface area contributed by atoms with Crippen molar-refractivity contribution in [3.63, 3.8) is 0 Å². The molecule has 6 heteroatoms. The van der Waals surface area contributed by atoms with Crippen molar-refractivity contribution >= 4 is 17.9 Å². The molecule has 0 aliphatic carbocycles. The first-order valence-electron chi connectivity index (χ1n) is 34.8. The van der Waals surface area contributed by atoms with Gasteiger partial charge in [0.15, 0.2) is 6.10 Å². The fraction of sp³-hybridized carbons (Fsp3) is 0.822. The van der Waals surface area contributed by atoms with Gasteiger partial charge in [0.25, 0.3) is 0 Å². The second-order valence-corrected chi connectivity index (χ2v) is 23.4. The predicted octanol–water partition coefficient (Wildman–Crippen LogP) is 23.9. The lowest BCUT2D eigenvalue weighted by Crippen LogP contribution is -2.30. The average molecular weight is 1110 g/mol. The average Bonchev–Trinajstić information content (AvgIpc) is 3.45. The van der Waals surface area contributed by atoms with E-state index < -0.39 is 6.10 Å². The highest BCUT2D eigenvalue weighted by atomic mass is 16.6. The highest BCUT2D eigenvalue weighted by Gasteiger charge is 2.19. The summed E-state index contributed by atoms with van der Waals surface area (Å²) < 4.78 is 16.9. The summed E-state index contributed by atoms with van der Waals surface area (Å²) in [5.74, 6) is -0.884. The zero-order valence-electron chi connectivity index (χ0n) is 52.9. The summed E-state index contributed by atoms with van der Waals surface area (Å²) in [6.45, 7) is 6.60. The molecule has 1 unspecified atom stereocenters. The monoisotopic (exact) mass is 1110 g/mol. The number of carbonyl (C=O) groups is 3. The van der Waals surface area contributed by atoms with Crippen molar-refractivity contribution < 1.29 is 28.6 Å². The summed E-state index contributed by atoms with van der Waals surface area (Å²) in [6, 6.07) is 0. The quantitative estimate of drug-likeness (QED) is 0.0261. The van der Waals surface area contributed by atoms with Crippen molar-refractivity contribution in [3.8, 4) is 0 Å². The molecule has 0 heterocycles. The SMILES string of the molecule is CCCC/C=C\CCCCCCCC(=O)OCC(COC(=O)CCCCCCCCCCCCCCCCCCCCC/C=C\CCCCCCCCCC)OC(=O)CCCCCCCC/C=C\C/C=C\C/C=C\CCCCC. The minimum atomic E-state index is -0.784. The lowest BCUT2D eigenvalue weighted by Gasteiger charge is -2.18. The van der Waals surface area contributed by atoms with Crippen LogP contribution in [0, 0.1) is 0 Å². The van der Waals surface area contributed by atoms with Crippen molar-refractivity contribution in [1.29, 1.82) is 0 Å². The van der Waals surface area contributed by atoms with Gasteiger partial charge in [-0.15, -0.1) is 0 Å². The van der Waals surface area contributed by atoms with E-state index in [4.69, 9.17) is 14.2 Å². The molecule has 0 N–H and O–H groups in total. The van der Waals surface area contributed by atoms with Gasteiger partial charge in [-0.25, -0.2) is 0 Å². The van der Waals surface area contributed by atoms with Gasteiger partial charge >= 0.3 is 17.9 Å². The highest BCUT2D eigenvalue weighted by molar-refractivity contribution is 5.71. The molecule has 0 aliphatic rings. The van der Waals surface area contributed by atoms with Crippen LogP contribution in [0.15, 0.2) is 60.8 Å². The number of allylic oxidation sites excluding steroid dienone is 10. The van der Waals surface area contributed by atoms with Gasteiger partial charge in [-0.05, 0) is 103 Å². The molecule has 0 amide bonds. The van der Waals surface area contributed by atoms with Gasteiger partial charge < -0.3 is 14.2 Å². The summed E-state index contributed by atoms with van der Waals surface area (Å²) in [5, 5.41) is 0. The molecule has 0 radical (unpaired) electrons. The van der Waals surface area contributed by atoms with Crippen LogP contribution < -0.4 is 0 Å². The van der Waals surface area contributed by atoms with E-state index in [0.717, 1.165) is 89.9 Å². The molecule has 0 aromatic heterocycles. The van der Waals surface area contributed by atoms with E-state index in [2.05, 4.69) is 81.5 Å². The normalized spacial score (nSPS) is 12.4. The molecule has 0 aromatic rings. The molecule has 0 bridgehead atoms. The molecule has 0 aromatic carbocycles. The highest BCUT2D eigenvalue weighted by Crippen LogP contribution is 2.18. The van der Waals surface area contributed by atoms with Crippen molar-refractivity contribution in [2.75, 3.05) is 13.2 Å². The maximum atomic E-state index is 12.9. The van der Waals surface area contributed by atoms with Crippen LogP contribution in [-0.2, 0) is 28.6 Å². The third-order valence-corrected chi connectivity index (χ3v) is 15.5. The molecular formula is C73H132O6. The van der Waals surface area contributed by atoms with Gasteiger partial charge in [-0.2, -0.15) is 0 Å². The first-order chi connectivity index (χ1) is 39.0. The van der Waals surface area contributed by atoms with Crippen LogP contribution in [0.3, 0.4) is 0 Å². The fourth-order valence-corrected chi connectivity index (χ4v) is 10.2. The minimum Gasteiger partial charge on any atom is -0.462 e. The lowest BCUT2D eigenvalue weighted by molar-refractivity contribution is -0.167. The standard InChI is InChI=1S/C73H132O6/c1-4-7-10-13-16-19-22-24-26-28-30-31-32-33-34-35-36-37-38-39-40-41-43-44-46-48-51-54-57-60-63-66-72(75)78-69-70(68-77-71(74)65-62-59-56-53-50-21-18-15-12-9-6-3)79-73(76)67-64-61-58-55-52-49-47-45-42-29-27-25-23-20-17-14-11-8-5-2/h15,17-18,20,25,27-28,30,42,45,70H,4-14,16,19,21-24,26,29,31-41,43-44,46-69H2,1-3H3/b18-15-,20-17-,27-25-,30-28-,45-42-. The van der Waals surface area contributed by atoms with Crippen LogP contribution in [-0.4, -0.2) is 37.2 Å². The second-order valence-electron chi connectivity index (χ2n) is 23.4. The van der Waals surface area contributed by atoms with Gasteiger partial charge in [0.2, 0.25) is 0 Å². The van der Waals surface area contributed by atoms with E-state index in [0.29, 0.717) is 19.3 Å². The maximum absolute atomic E-state index is 12.9. The third-order valence-electron chi connectivity index (χ3n) is 15.5. The van der Waals surface area contributed by atoms with Crippen molar-refractivity contribution in [3.05, 3.63) is 60.8 Å². The van der Waals surface area contributed by atoms with Crippen LogP contribution in [0.4, 0.5) is 0 Å². The lowest BCUT2D eigenvalue weighted by atomic mass is 10.0. The van der Waals surface area contributed by atoms with Gasteiger partial charge in [0.1, 0.15) is 13.2 Å². The van der Waals surface area contributed by atoms with Crippen LogP contribution >= 0.6 is 0 Å². The largest absolute Gasteiger partial charge is 0.462 e. The molecule has 6 nitrogen and oxygen atoms in total. The maximum Gasteiger partial charge on any atom is 0.306 e. The molecule has 0 aliphatic heterocycles. The molecule has 0 saturated carbocycles. The Morgan fingerprint density at radius 3 is 0.785 bits per heavy atom. The Balaban J connectivity index is 4.15. The number of carbonyl (C=O) groups excluding carboxylic acids is 3. The summed E-state index contributed by atoms with van der Waals surface area (Å²) in [7, 11) is 0. The Bertz CT molecular complexity index is 1410. The molecule has 460 valence electrons. The van der Waals surface area contributed by atoms with E-state index in [9.17, 15) is 14.4 Å². The molecular weight excluding hydrogens is 973 g/mol. The van der Waals surface area contributed by atoms with Crippen molar-refractivity contribution in [1.82, 2.24) is 0 Å². The Labute approximate surface area is 491 Å². The molecule has 0 rings (SSSR count). The number of ether oxygens (including phenoxy) is 3. The summed E-state index contributed by atoms with van der Waals surface area (Å²) in [6.07, 6.45) is 86.9. The van der Waals surface area contributed by atoms with E-state index in [1.807, 2.05) is 0 Å². The number of esters is 3. The van der Waals surface area contributed by atoms with E-state index in [1.165, 1.54) is 238 Å². The number of unbranched alkanes of at least 4 members (excludes halogenated alkanes) is 43. The predicted molar refractivity (Wildman–Crippen MR) is 344 cm³/mol. The first kappa shape index (κ1) is 76.1. The molecule has 79 heavy (non-hydrogen) atoms. The zero-order valence-corrected chi connectivity index (χ0v) is 52.9. The Morgan fingerprint density at radius 2 is 0.468 bits per heavy atom. The van der Waals surface area contributed by atoms with Gasteiger partial charge in [-0.1, -0.05) is 306 Å². The fourth-order valence-electron chi connectivity index (χ4n) is 10.2. The van der Waals surface area contributed by atoms with Crippen LogP contribution in [0.5, 0.6) is 0 Å². The molecule has 0 fully saturated rings. The minimum absolute atomic E-state index is 0.0793. The smallest absolute Gasteiger partial charge is 0.306 e. The van der Waals surface area contributed by atoms with E-state index >= 15 is 0 Å². The molecule has 0 saturated heterocycles. The first-order valence-corrected chi connectivity index (χ1v) is 34.8. The topological polar surface area (TPSA) is 78.9 Å². The Kier molecular flexibility index (Phi) is 65.1. The number of hydrogen-bond acceptors (Lipinski definition) is 6. The van der Waals surface area contributed by atoms with E-state index in [-0.39, 0.29) is 31.1 Å². The summed E-state index contributed by atoms with van der Waals surface area (Å²) in [4.78, 5) is 38.3. The Morgan fingerprint density at radius 1 is 0.253 bits per heavy atom. The zero-order chi connectivity index (χ0) is 57.1. The van der Waals surface area contributed by atoms with E-state index in [1.54, 1.807) is 0 Å². The summed E-state index contributed by atoms with van der Waals surface area (Å²) >= 11 is 0. The third kappa shape index (κ3) is 65.8. The number of hydrogen-bond donors (Lipinski definition) is 0. The van der Waals surface area contributed by atoms with Gasteiger partial charge in [0.05, 0.1) is 0 Å². The summed E-state index contributed by atoms with van der Waals surface area (Å²) in [5.41, 5.74) is 0. The van der Waals surface area contributed by atoms with Gasteiger partial charge in [0, 0.05) is 19.3 Å². The molecule has 1 atom stereocenters. The van der Waals surface area contributed by atoms with Crippen molar-refractivity contribution in [2.45, 2.75) is 374 Å². The van der Waals surface area contributed by atoms with Crippen molar-refractivity contribution in [2.24, 2.45) is 0 Å². The second kappa shape index (κ2) is 67.6. The molecule has 0 spiro atoms. The van der Waals surface area contributed by atoms with Crippen LogP contribution in [0.2, 0.25) is 0 Å². The van der Waals surface area contributed by atoms with Crippen LogP contribution in [0.1, 0.15) is 367 Å². The number of rotatable bonds is 64. The Hall–Kier alpha value is -2.89.